The van der Waals surface area contributed by atoms with Crippen LogP contribution in [0, 0.1) is 16.7 Å². The van der Waals surface area contributed by atoms with E-state index in [-0.39, 0.29) is 5.41 Å². The molecule has 3 aliphatic heterocycles. The van der Waals surface area contributed by atoms with Gasteiger partial charge in [-0.15, -0.1) is 10.2 Å². The van der Waals surface area contributed by atoms with Crippen molar-refractivity contribution in [2.24, 2.45) is 10.4 Å². The third-order valence-corrected chi connectivity index (χ3v) is 6.12. The number of nitriles is 1. The topological polar surface area (TPSA) is 83.7 Å². The highest BCUT2D eigenvalue weighted by atomic mass is 15.7. The van der Waals surface area contributed by atoms with Crippen molar-refractivity contribution in [3.05, 3.63) is 41.1 Å². The number of anilines is 1. The number of hydrogen-bond acceptors (Lipinski definition) is 8. The molecule has 1 aromatic rings. The molecule has 2 unspecified atom stereocenters. The highest BCUT2D eigenvalue weighted by Crippen LogP contribution is 2.35. The van der Waals surface area contributed by atoms with Crippen molar-refractivity contribution < 1.29 is 0 Å². The summed E-state index contributed by atoms with van der Waals surface area (Å²) in [5.41, 5.74) is 1.50. The fourth-order valence-corrected chi connectivity index (χ4v) is 4.21. The largest absolute Gasteiger partial charge is 0.367 e. The van der Waals surface area contributed by atoms with Crippen molar-refractivity contribution in [3.8, 4) is 6.07 Å². The molecule has 0 saturated carbocycles. The molecule has 0 spiro atoms. The van der Waals surface area contributed by atoms with Crippen molar-refractivity contribution >= 4 is 19.9 Å². The summed E-state index contributed by atoms with van der Waals surface area (Å²) in [6, 6.07) is 5.95. The minimum Gasteiger partial charge on any atom is -0.367 e. The van der Waals surface area contributed by atoms with E-state index >= 15 is 0 Å². The molecule has 29 heavy (non-hydrogen) atoms. The van der Waals surface area contributed by atoms with Crippen molar-refractivity contribution in [1.82, 2.24) is 25.5 Å². The van der Waals surface area contributed by atoms with Crippen LogP contribution in [-0.2, 0) is 0 Å². The van der Waals surface area contributed by atoms with Crippen LogP contribution in [0.4, 0.5) is 5.82 Å². The van der Waals surface area contributed by atoms with Gasteiger partial charge in [0.2, 0.25) is 0 Å². The second kappa shape index (κ2) is 7.19. The number of nitrogens with one attached hydrogen (secondary N) is 1. The summed E-state index contributed by atoms with van der Waals surface area (Å²) >= 11 is 0. The van der Waals surface area contributed by atoms with Gasteiger partial charge in [-0.2, -0.15) is 5.26 Å². The number of likely N-dealkylation sites (N-methyl/N-ethyl adjacent to an activating group) is 1. The van der Waals surface area contributed by atoms with E-state index in [4.69, 9.17) is 5.26 Å². The third kappa shape index (κ3) is 3.49. The van der Waals surface area contributed by atoms with Crippen LogP contribution in [-0.4, -0.2) is 66.4 Å². The molecular formula is C20H27BN8. The van der Waals surface area contributed by atoms with Crippen molar-refractivity contribution in [2.45, 2.75) is 39.2 Å². The summed E-state index contributed by atoms with van der Waals surface area (Å²) in [6.45, 7) is 8.42. The standard InChI is InChI=1S/C20H27BN8/c1-13-11-23-18-9-16(21)27(4)29(18)19(13)24-15-7-8-28(12-20(15,2)3)17-6-5-14(10-22)25-26-17/h5-6,9,11,15-16,24H,7-8,12,21H2,1-4H3. The number of hydrogen-bond donors (Lipinski definition) is 1. The Hall–Kier alpha value is -2.86. The number of aliphatic imine (C=N–C) groups is 1. The number of aromatic nitrogens is 2. The minimum absolute atomic E-state index is 0.0174. The average molecular weight is 390 g/mol. The van der Waals surface area contributed by atoms with Crippen molar-refractivity contribution in [3.63, 3.8) is 0 Å². The van der Waals surface area contributed by atoms with Gasteiger partial charge in [-0.1, -0.05) is 13.8 Å². The molecule has 150 valence electrons. The summed E-state index contributed by atoms with van der Waals surface area (Å²) in [5, 5.41) is 25.4. The van der Waals surface area contributed by atoms with Crippen LogP contribution in [0.5, 0.6) is 0 Å². The second-order valence-electron chi connectivity index (χ2n) is 8.73. The molecular weight excluding hydrogens is 363 g/mol. The van der Waals surface area contributed by atoms with Crippen molar-refractivity contribution in [2.75, 3.05) is 25.0 Å². The van der Waals surface area contributed by atoms with Gasteiger partial charge in [0.15, 0.2) is 11.5 Å². The van der Waals surface area contributed by atoms with E-state index in [9.17, 15) is 0 Å². The van der Waals surface area contributed by atoms with Gasteiger partial charge in [-0.3, -0.25) is 0 Å². The van der Waals surface area contributed by atoms with Gasteiger partial charge in [0.1, 0.15) is 25.6 Å². The molecule has 0 aromatic carbocycles. The smallest absolute Gasteiger partial charge is 0.163 e. The first kappa shape index (κ1) is 19.5. The lowest BCUT2D eigenvalue weighted by atomic mass is 9.79. The van der Waals surface area contributed by atoms with Crippen LogP contribution in [0.2, 0.25) is 0 Å². The average Bonchev–Trinajstić information content (AvgIpc) is 2.99. The number of fused-ring (bicyclic) bond motifs is 1. The minimum atomic E-state index is 0.0174. The molecule has 3 aliphatic rings. The molecule has 1 N–H and O–H groups in total. The Morgan fingerprint density at radius 2 is 2.10 bits per heavy atom. The maximum atomic E-state index is 8.93. The normalized spacial score (nSPS) is 26.2. The molecule has 8 nitrogen and oxygen atoms in total. The molecule has 9 heteroatoms. The maximum absolute atomic E-state index is 8.93. The number of nitrogens with zero attached hydrogens (tertiary/aromatic N) is 7. The number of rotatable bonds is 3. The zero-order valence-electron chi connectivity index (χ0n) is 17.7. The van der Waals surface area contributed by atoms with Crippen LogP contribution >= 0.6 is 0 Å². The molecule has 0 radical (unpaired) electrons. The second-order valence-corrected chi connectivity index (χ2v) is 8.73. The van der Waals surface area contributed by atoms with Gasteiger partial charge in [0, 0.05) is 49.3 Å². The predicted octanol–water partition coefficient (Wildman–Crippen LogP) is 0.822. The van der Waals surface area contributed by atoms with Crippen molar-refractivity contribution in [1.29, 1.82) is 5.26 Å². The Labute approximate surface area is 173 Å². The summed E-state index contributed by atoms with van der Waals surface area (Å²) < 4.78 is 0. The van der Waals surface area contributed by atoms with E-state index in [1.54, 1.807) is 6.07 Å². The zero-order valence-corrected chi connectivity index (χ0v) is 17.7. The van der Waals surface area contributed by atoms with Gasteiger partial charge in [-0.05, 0) is 31.6 Å². The van der Waals surface area contributed by atoms with E-state index < -0.39 is 0 Å². The lowest BCUT2D eigenvalue weighted by molar-refractivity contribution is 0.0736. The first-order valence-electron chi connectivity index (χ1n) is 10.0. The molecule has 1 aromatic heterocycles. The summed E-state index contributed by atoms with van der Waals surface area (Å²) in [4.78, 5) is 6.85. The van der Waals surface area contributed by atoms with E-state index in [0.29, 0.717) is 17.7 Å². The van der Waals surface area contributed by atoms with Crippen LogP contribution in [0.15, 0.2) is 40.4 Å². The van der Waals surface area contributed by atoms with Gasteiger partial charge in [0.25, 0.3) is 0 Å². The highest BCUT2D eigenvalue weighted by molar-refractivity contribution is 6.13. The number of hydrazine groups is 1. The molecule has 1 fully saturated rings. The molecule has 1 saturated heterocycles. The molecule has 0 amide bonds. The predicted molar refractivity (Wildman–Crippen MR) is 115 cm³/mol. The Morgan fingerprint density at radius 3 is 2.76 bits per heavy atom. The van der Waals surface area contributed by atoms with Crippen LogP contribution in [0.25, 0.3) is 0 Å². The summed E-state index contributed by atoms with van der Waals surface area (Å²) in [5.74, 6) is 3.24. The summed E-state index contributed by atoms with van der Waals surface area (Å²) in [6.07, 6.45) is 5.11. The molecule has 2 atom stereocenters. The van der Waals surface area contributed by atoms with E-state index in [1.807, 2.05) is 18.4 Å². The van der Waals surface area contributed by atoms with Gasteiger partial charge in [-0.25, -0.2) is 15.0 Å². The Balaban J connectivity index is 1.51. The fraction of sp³-hybridized carbons (Fsp3) is 0.500. The Morgan fingerprint density at radius 1 is 1.31 bits per heavy atom. The van der Waals surface area contributed by atoms with Gasteiger partial charge in [0.05, 0.1) is 0 Å². The Bertz CT molecular complexity index is 927. The highest BCUT2D eigenvalue weighted by Gasteiger charge is 2.39. The molecule has 0 aliphatic carbocycles. The first-order valence-corrected chi connectivity index (χ1v) is 10.0. The SMILES string of the molecule is BC1C=C2N=CC(C)=C(NC3CCN(c4ccc(C#N)nn4)CC3(C)C)N2N1C. The molecule has 4 rings (SSSR count). The first-order chi connectivity index (χ1) is 13.8. The monoisotopic (exact) mass is 390 g/mol. The van der Waals surface area contributed by atoms with Gasteiger partial charge < -0.3 is 10.2 Å². The Kier molecular flexibility index (Phi) is 4.83. The van der Waals surface area contributed by atoms with E-state index in [2.05, 4.69) is 77.2 Å². The molecule has 4 heterocycles. The van der Waals surface area contributed by atoms with Crippen LogP contribution in [0.3, 0.4) is 0 Å². The molecule has 0 bridgehead atoms. The summed E-state index contributed by atoms with van der Waals surface area (Å²) in [7, 11) is 4.27. The van der Waals surface area contributed by atoms with Crippen LogP contribution in [0.1, 0.15) is 32.9 Å². The van der Waals surface area contributed by atoms with Gasteiger partial charge >= 0.3 is 0 Å². The number of piperidine rings is 1. The van der Waals surface area contributed by atoms with E-state index in [1.165, 1.54) is 0 Å². The lowest BCUT2D eigenvalue weighted by Crippen LogP contribution is -2.57. The number of allylic oxidation sites excluding steroid dienone is 1. The lowest BCUT2D eigenvalue weighted by Gasteiger charge is -2.47. The van der Waals surface area contributed by atoms with E-state index in [0.717, 1.165) is 42.5 Å². The fourth-order valence-electron chi connectivity index (χ4n) is 4.21. The van der Waals surface area contributed by atoms with Crippen LogP contribution < -0.4 is 10.2 Å². The quantitative estimate of drug-likeness (QED) is 0.766. The maximum Gasteiger partial charge on any atom is 0.163 e. The zero-order chi connectivity index (χ0) is 20.8. The third-order valence-electron chi connectivity index (χ3n) is 6.12.